The largest absolute Gasteiger partial charge is 0.486 e. The van der Waals surface area contributed by atoms with Crippen LogP contribution >= 0.6 is 0 Å². The number of carbonyl (C=O) groups is 1. The number of ketones is 1. The van der Waals surface area contributed by atoms with E-state index in [9.17, 15) is 9.18 Å². The van der Waals surface area contributed by atoms with Crippen LogP contribution in [0.15, 0.2) is 18.2 Å². The third-order valence-corrected chi connectivity index (χ3v) is 4.30. The molecule has 18 heavy (non-hydrogen) atoms. The van der Waals surface area contributed by atoms with Crippen molar-refractivity contribution in [1.82, 2.24) is 0 Å². The Morgan fingerprint density at radius 3 is 3.06 bits per heavy atom. The zero-order valence-corrected chi connectivity index (χ0v) is 10.5. The zero-order valence-electron chi connectivity index (χ0n) is 10.5. The van der Waals surface area contributed by atoms with Crippen LogP contribution in [0.4, 0.5) is 4.39 Å². The lowest BCUT2D eigenvalue weighted by atomic mass is 9.87. The number of ether oxygens (including phenoxy) is 1. The predicted molar refractivity (Wildman–Crippen MR) is 66.3 cm³/mol. The highest BCUT2D eigenvalue weighted by Gasteiger charge is 2.45. The maximum atomic E-state index is 13.1. The standard InChI is InChI=1S/C15H17FO2/c1-2-10-5-6-15(8-10)9-13(17)12-7-11(16)3-4-14(12)18-15/h3-4,7,10H,2,5-6,8-9H2,1H3. The van der Waals surface area contributed by atoms with E-state index in [4.69, 9.17) is 4.74 Å². The number of fused-ring (bicyclic) bond motifs is 1. The average molecular weight is 248 g/mol. The lowest BCUT2D eigenvalue weighted by Gasteiger charge is -2.35. The molecule has 2 atom stereocenters. The van der Waals surface area contributed by atoms with Gasteiger partial charge >= 0.3 is 0 Å². The van der Waals surface area contributed by atoms with E-state index in [1.807, 2.05) is 0 Å². The summed E-state index contributed by atoms with van der Waals surface area (Å²) in [5.74, 6) is 0.858. The van der Waals surface area contributed by atoms with Crippen molar-refractivity contribution in [2.24, 2.45) is 5.92 Å². The first-order valence-electron chi connectivity index (χ1n) is 6.64. The number of rotatable bonds is 1. The lowest BCUT2D eigenvalue weighted by Crippen LogP contribution is -2.39. The summed E-state index contributed by atoms with van der Waals surface area (Å²) >= 11 is 0. The van der Waals surface area contributed by atoms with Gasteiger partial charge < -0.3 is 4.74 Å². The fraction of sp³-hybridized carbons (Fsp3) is 0.533. The molecule has 1 heterocycles. The molecule has 2 nitrogen and oxygen atoms in total. The Morgan fingerprint density at radius 1 is 1.50 bits per heavy atom. The molecule has 96 valence electrons. The Hall–Kier alpha value is -1.38. The molecule has 1 aromatic carbocycles. The highest BCUT2D eigenvalue weighted by Crippen LogP contribution is 2.46. The van der Waals surface area contributed by atoms with Crippen LogP contribution in [0, 0.1) is 11.7 Å². The Labute approximate surface area is 106 Å². The molecule has 1 aliphatic heterocycles. The van der Waals surface area contributed by atoms with Crippen molar-refractivity contribution in [2.75, 3.05) is 0 Å². The molecule has 0 saturated heterocycles. The fourth-order valence-electron chi connectivity index (χ4n) is 3.27. The first-order valence-corrected chi connectivity index (χ1v) is 6.64. The van der Waals surface area contributed by atoms with E-state index in [2.05, 4.69) is 6.92 Å². The minimum Gasteiger partial charge on any atom is -0.486 e. The molecule has 1 aliphatic carbocycles. The third-order valence-electron chi connectivity index (χ3n) is 4.30. The van der Waals surface area contributed by atoms with E-state index in [1.165, 1.54) is 12.1 Å². The van der Waals surface area contributed by atoms with E-state index >= 15 is 0 Å². The van der Waals surface area contributed by atoms with E-state index < -0.39 is 0 Å². The molecule has 0 amide bonds. The number of carbonyl (C=O) groups excluding carboxylic acids is 1. The molecule has 3 rings (SSSR count). The second-order valence-electron chi connectivity index (χ2n) is 5.54. The van der Waals surface area contributed by atoms with Crippen LogP contribution in [0.2, 0.25) is 0 Å². The monoisotopic (exact) mass is 248 g/mol. The summed E-state index contributed by atoms with van der Waals surface area (Å²) in [6.07, 6.45) is 4.55. The number of benzene rings is 1. The van der Waals surface area contributed by atoms with Gasteiger partial charge in [0, 0.05) is 0 Å². The minimum absolute atomic E-state index is 0.0208. The van der Waals surface area contributed by atoms with Gasteiger partial charge in [0.15, 0.2) is 5.78 Å². The average Bonchev–Trinajstić information content (AvgIpc) is 2.73. The first-order chi connectivity index (χ1) is 8.62. The molecule has 2 unspecified atom stereocenters. The molecule has 1 aromatic rings. The minimum atomic E-state index is -0.375. The van der Waals surface area contributed by atoms with E-state index in [0.717, 1.165) is 25.7 Å². The Bertz CT molecular complexity index is 497. The summed E-state index contributed by atoms with van der Waals surface area (Å²) in [5.41, 5.74) is 0.0864. The summed E-state index contributed by atoms with van der Waals surface area (Å²) in [5, 5.41) is 0. The summed E-state index contributed by atoms with van der Waals surface area (Å²) in [7, 11) is 0. The van der Waals surface area contributed by atoms with Crippen LogP contribution in [0.3, 0.4) is 0 Å². The van der Waals surface area contributed by atoms with Gasteiger partial charge in [0.05, 0.1) is 12.0 Å². The van der Waals surface area contributed by atoms with Crippen molar-refractivity contribution in [3.05, 3.63) is 29.6 Å². The summed E-state index contributed by atoms with van der Waals surface area (Å²) < 4.78 is 19.2. The molecule has 1 saturated carbocycles. The predicted octanol–water partition coefficient (Wildman–Crippen LogP) is 3.74. The molecular formula is C15H17FO2. The number of Topliss-reactive ketones (excluding diaryl/α,β-unsaturated/α-hetero) is 1. The van der Waals surface area contributed by atoms with Crippen LogP contribution in [-0.2, 0) is 0 Å². The van der Waals surface area contributed by atoms with E-state index in [-0.39, 0.29) is 17.2 Å². The van der Waals surface area contributed by atoms with Crippen molar-refractivity contribution < 1.29 is 13.9 Å². The van der Waals surface area contributed by atoms with E-state index in [0.29, 0.717) is 23.7 Å². The van der Waals surface area contributed by atoms with Gasteiger partial charge in [-0.1, -0.05) is 13.3 Å². The van der Waals surface area contributed by atoms with Gasteiger partial charge in [-0.3, -0.25) is 4.79 Å². The quantitative estimate of drug-likeness (QED) is 0.756. The van der Waals surface area contributed by atoms with Crippen molar-refractivity contribution in [3.63, 3.8) is 0 Å². The Balaban J connectivity index is 1.92. The normalized spacial score (nSPS) is 30.3. The number of hydrogen-bond donors (Lipinski definition) is 0. The summed E-state index contributed by atoms with van der Waals surface area (Å²) in [6.45, 7) is 2.18. The van der Waals surface area contributed by atoms with Crippen LogP contribution < -0.4 is 4.74 Å². The van der Waals surface area contributed by atoms with Crippen LogP contribution in [0.5, 0.6) is 5.75 Å². The van der Waals surface area contributed by atoms with Gasteiger partial charge in [-0.05, 0) is 43.4 Å². The SMILES string of the molecule is CCC1CCC2(CC(=O)c3cc(F)ccc3O2)C1. The topological polar surface area (TPSA) is 26.3 Å². The maximum absolute atomic E-state index is 13.1. The molecular weight excluding hydrogens is 231 g/mol. The van der Waals surface area contributed by atoms with Gasteiger partial charge in [0.25, 0.3) is 0 Å². The Kier molecular flexibility index (Phi) is 2.65. The summed E-state index contributed by atoms with van der Waals surface area (Å²) in [4.78, 5) is 12.1. The van der Waals surface area contributed by atoms with Gasteiger partial charge in [0.1, 0.15) is 17.2 Å². The van der Waals surface area contributed by atoms with Crippen molar-refractivity contribution >= 4 is 5.78 Å². The summed E-state index contributed by atoms with van der Waals surface area (Å²) in [6, 6.07) is 4.23. The Morgan fingerprint density at radius 2 is 2.33 bits per heavy atom. The first kappa shape index (κ1) is 11.7. The molecule has 0 radical (unpaired) electrons. The molecule has 1 fully saturated rings. The maximum Gasteiger partial charge on any atom is 0.170 e. The fourth-order valence-corrected chi connectivity index (χ4v) is 3.27. The lowest BCUT2D eigenvalue weighted by molar-refractivity contribution is 0.0421. The van der Waals surface area contributed by atoms with Crippen molar-refractivity contribution in [2.45, 2.75) is 44.6 Å². The van der Waals surface area contributed by atoms with Crippen LogP contribution in [-0.4, -0.2) is 11.4 Å². The smallest absolute Gasteiger partial charge is 0.170 e. The third kappa shape index (κ3) is 1.82. The van der Waals surface area contributed by atoms with Gasteiger partial charge in [-0.2, -0.15) is 0 Å². The van der Waals surface area contributed by atoms with Crippen LogP contribution in [0.1, 0.15) is 49.4 Å². The molecule has 0 aromatic heterocycles. The zero-order chi connectivity index (χ0) is 12.8. The highest BCUT2D eigenvalue weighted by molar-refractivity contribution is 6.00. The second-order valence-corrected chi connectivity index (χ2v) is 5.54. The molecule has 0 N–H and O–H groups in total. The molecule has 1 spiro atoms. The van der Waals surface area contributed by atoms with Crippen molar-refractivity contribution in [1.29, 1.82) is 0 Å². The van der Waals surface area contributed by atoms with Gasteiger partial charge in [-0.25, -0.2) is 4.39 Å². The molecule has 3 heteroatoms. The van der Waals surface area contributed by atoms with Gasteiger partial charge in [0.2, 0.25) is 0 Å². The number of halogens is 1. The molecule has 0 bridgehead atoms. The molecule has 2 aliphatic rings. The number of hydrogen-bond acceptors (Lipinski definition) is 2. The van der Waals surface area contributed by atoms with Crippen LogP contribution in [0.25, 0.3) is 0 Å². The highest BCUT2D eigenvalue weighted by atomic mass is 19.1. The van der Waals surface area contributed by atoms with E-state index in [1.54, 1.807) is 6.07 Å². The van der Waals surface area contributed by atoms with Crippen molar-refractivity contribution in [3.8, 4) is 5.75 Å². The van der Waals surface area contributed by atoms with Gasteiger partial charge in [-0.15, -0.1) is 0 Å². The second kappa shape index (κ2) is 4.08.